The lowest BCUT2D eigenvalue weighted by Crippen LogP contribution is -2.31. The number of halogens is 2. The van der Waals surface area contributed by atoms with Crippen LogP contribution >= 0.6 is 11.6 Å². The molecule has 152 valence electrons. The van der Waals surface area contributed by atoms with Crippen molar-refractivity contribution in [3.05, 3.63) is 52.6 Å². The molecular formula is C20H21ClFN5O2. The lowest BCUT2D eigenvalue weighted by atomic mass is 10.0. The van der Waals surface area contributed by atoms with Crippen molar-refractivity contribution in [2.45, 2.75) is 33.6 Å². The van der Waals surface area contributed by atoms with Gasteiger partial charge in [-0.05, 0) is 31.0 Å². The van der Waals surface area contributed by atoms with Crippen LogP contribution in [-0.2, 0) is 0 Å². The van der Waals surface area contributed by atoms with Crippen LogP contribution in [-0.4, -0.2) is 27.1 Å². The Labute approximate surface area is 172 Å². The Morgan fingerprint density at radius 1 is 1.38 bits per heavy atom. The van der Waals surface area contributed by atoms with E-state index in [2.05, 4.69) is 39.5 Å². The van der Waals surface area contributed by atoms with Gasteiger partial charge in [-0.25, -0.2) is 9.38 Å². The Hall–Kier alpha value is -3.00. The molecule has 2 N–H and O–H groups in total. The molecule has 0 radical (unpaired) electrons. The Morgan fingerprint density at radius 3 is 2.83 bits per heavy atom. The number of amides is 1. The van der Waals surface area contributed by atoms with Gasteiger partial charge in [0, 0.05) is 23.1 Å². The number of amidine groups is 1. The van der Waals surface area contributed by atoms with Crippen LogP contribution in [0.15, 0.2) is 40.0 Å². The summed E-state index contributed by atoms with van der Waals surface area (Å²) in [5, 5.41) is 13.7. The molecule has 1 amide bonds. The third-order valence-electron chi connectivity index (χ3n) is 4.48. The minimum absolute atomic E-state index is 0.286. The Morgan fingerprint density at radius 2 is 2.17 bits per heavy atom. The van der Waals surface area contributed by atoms with E-state index >= 15 is 0 Å². The molecule has 29 heavy (non-hydrogen) atoms. The Kier molecular flexibility index (Phi) is 6.43. The molecule has 2 heterocycles. The standard InChI is InChI=1S/C20H21ClFN5O2/c1-4-11(2)5-18(25-20(28)16-10-23-29-12(16)3)24-19-9-17(26-27-19)13-6-14(21)8-15(22)7-13/h6-11H,4-5H2,1-3H3,(H2,24,25,26,27,28). The number of aryl methyl sites for hydroxylation is 1. The second-order valence-electron chi connectivity index (χ2n) is 6.82. The van der Waals surface area contributed by atoms with Gasteiger partial charge in [0.2, 0.25) is 0 Å². The van der Waals surface area contributed by atoms with Crippen molar-refractivity contribution < 1.29 is 13.7 Å². The number of benzene rings is 1. The maximum absolute atomic E-state index is 13.6. The first-order valence-corrected chi connectivity index (χ1v) is 9.55. The van der Waals surface area contributed by atoms with Gasteiger partial charge in [0.25, 0.3) is 5.91 Å². The van der Waals surface area contributed by atoms with Crippen LogP contribution < -0.4 is 5.32 Å². The van der Waals surface area contributed by atoms with Gasteiger partial charge in [-0.1, -0.05) is 37.0 Å². The summed E-state index contributed by atoms with van der Waals surface area (Å²) in [4.78, 5) is 17.0. The third kappa shape index (κ3) is 5.29. The zero-order chi connectivity index (χ0) is 21.0. The van der Waals surface area contributed by atoms with Gasteiger partial charge < -0.3 is 9.84 Å². The maximum Gasteiger partial charge on any atom is 0.261 e. The lowest BCUT2D eigenvalue weighted by molar-refractivity contribution is 0.0974. The predicted octanol–water partition coefficient (Wildman–Crippen LogP) is 5.06. The quantitative estimate of drug-likeness (QED) is 0.432. The van der Waals surface area contributed by atoms with E-state index < -0.39 is 5.82 Å². The summed E-state index contributed by atoms with van der Waals surface area (Å²) in [6, 6.07) is 5.87. The van der Waals surface area contributed by atoms with Gasteiger partial charge in [-0.15, -0.1) is 0 Å². The molecule has 0 saturated carbocycles. The molecule has 1 atom stereocenters. The van der Waals surface area contributed by atoms with Crippen LogP contribution in [0.3, 0.4) is 0 Å². The summed E-state index contributed by atoms with van der Waals surface area (Å²) in [5.74, 6) is 0.772. The number of hydrogen-bond donors (Lipinski definition) is 2. The van der Waals surface area contributed by atoms with E-state index in [1.807, 2.05) is 0 Å². The molecule has 1 unspecified atom stereocenters. The average Bonchev–Trinajstić information content (AvgIpc) is 3.29. The summed E-state index contributed by atoms with van der Waals surface area (Å²) >= 11 is 5.92. The fourth-order valence-corrected chi connectivity index (χ4v) is 2.90. The van der Waals surface area contributed by atoms with E-state index in [4.69, 9.17) is 16.1 Å². The number of aromatic nitrogens is 3. The van der Waals surface area contributed by atoms with Crippen molar-refractivity contribution in [2.24, 2.45) is 10.9 Å². The number of H-pyrrole nitrogens is 1. The first kappa shape index (κ1) is 20.7. The topological polar surface area (TPSA) is 96.2 Å². The third-order valence-corrected chi connectivity index (χ3v) is 4.70. The molecule has 7 nitrogen and oxygen atoms in total. The van der Waals surface area contributed by atoms with Crippen LogP contribution in [0.4, 0.5) is 10.2 Å². The monoisotopic (exact) mass is 417 g/mol. The SMILES string of the molecule is CCC(C)CC(=Nc1cc(-c2cc(F)cc(Cl)c2)[nH]n1)NC(=O)c1cnoc1C. The fraction of sp³-hybridized carbons (Fsp3) is 0.300. The molecule has 0 bridgehead atoms. The molecular weight excluding hydrogens is 397 g/mol. The second-order valence-corrected chi connectivity index (χ2v) is 7.26. The van der Waals surface area contributed by atoms with E-state index in [1.54, 1.807) is 19.1 Å². The second kappa shape index (κ2) is 9.00. The number of aromatic amines is 1. The summed E-state index contributed by atoms with van der Waals surface area (Å²) in [6.45, 7) is 5.79. The highest BCUT2D eigenvalue weighted by atomic mass is 35.5. The van der Waals surface area contributed by atoms with Crippen LogP contribution in [0, 0.1) is 18.7 Å². The van der Waals surface area contributed by atoms with Crippen molar-refractivity contribution in [1.29, 1.82) is 0 Å². The number of hydrogen-bond acceptors (Lipinski definition) is 5. The highest BCUT2D eigenvalue weighted by Gasteiger charge is 2.17. The number of rotatable bonds is 6. The number of aliphatic imine (C=N–C) groups is 1. The molecule has 9 heteroatoms. The van der Waals surface area contributed by atoms with E-state index in [1.165, 1.54) is 18.3 Å². The molecule has 0 aliphatic carbocycles. The molecule has 0 aliphatic rings. The molecule has 0 saturated heterocycles. The van der Waals surface area contributed by atoms with Crippen molar-refractivity contribution in [3.63, 3.8) is 0 Å². The molecule has 2 aromatic heterocycles. The minimum Gasteiger partial charge on any atom is -0.361 e. The van der Waals surface area contributed by atoms with Crippen molar-refractivity contribution in [3.8, 4) is 11.3 Å². The zero-order valence-electron chi connectivity index (χ0n) is 16.3. The lowest BCUT2D eigenvalue weighted by Gasteiger charge is -2.12. The number of nitrogens with zero attached hydrogens (tertiary/aromatic N) is 3. The smallest absolute Gasteiger partial charge is 0.261 e. The predicted molar refractivity (Wildman–Crippen MR) is 109 cm³/mol. The number of carbonyl (C=O) groups is 1. The fourth-order valence-electron chi connectivity index (χ4n) is 2.68. The van der Waals surface area contributed by atoms with Crippen LogP contribution in [0.2, 0.25) is 5.02 Å². The summed E-state index contributed by atoms with van der Waals surface area (Å²) < 4.78 is 18.6. The zero-order valence-corrected chi connectivity index (χ0v) is 17.0. The van der Waals surface area contributed by atoms with Gasteiger partial charge in [0.1, 0.15) is 23.0 Å². The van der Waals surface area contributed by atoms with Gasteiger partial charge in [0.05, 0.1) is 11.9 Å². The molecule has 3 aromatic rings. The van der Waals surface area contributed by atoms with Crippen molar-refractivity contribution in [2.75, 3.05) is 0 Å². The summed E-state index contributed by atoms with van der Waals surface area (Å²) in [7, 11) is 0. The molecule has 0 fully saturated rings. The van der Waals surface area contributed by atoms with Gasteiger partial charge in [-0.3, -0.25) is 9.89 Å². The van der Waals surface area contributed by atoms with E-state index in [9.17, 15) is 9.18 Å². The first-order chi connectivity index (χ1) is 13.9. The number of carbonyl (C=O) groups excluding carboxylic acids is 1. The molecule has 0 aliphatic heterocycles. The molecule has 0 spiro atoms. The molecule has 1 aromatic carbocycles. The molecule has 3 rings (SSSR count). The Bertz CT molecular complexity index is 1020. The largest absolute Gasteiger partial charge is 0.361 e. The van der Waals surface area contributed by atoms with Gasteiger partial charge in [0.15, 0.2) is 5.82 Å². The highest BCUT2D eigenvalue weighted by molar-refractivity contribution is 6.30. The highest BCUT2D eigenvalue weighted by Crippen LogP contribution is 2.25. The van der Waals surface area contributed by atoms with Crippen LogP contribution in [0.25, 0.3) is 11.3 Å². The van der Waals surface area contributed by atoms with E-state index in [0.29, 0.717) is 46.6 Å². The van der Waals surface area contributed by atoms with E-state index in [0.717, 1.165) is 6.42 Å². The summed E-state index contributed by atoms with van der Waals surface area (Å²) in [5.41, 5.74) is 1.46. The van der Waals surface area contributed by atoms with Gasteiger partial charge in [-0.2, -0.15) is 5.10 Å². The van der Waals surface area contributed by atoms with Crippen LogP contribution in [0.5, 0.6) is 0 Å². The maximum atomic E-state index is 13.6. The normalized spacial score (nSPS) is 12.8. The van der Waals surface area contributed by atoms with Gasteiger partial charge >= 0.3 is 0 Å². The number of nitrogens with one attached hydrogen (secondary N) is 2. The van der Waals surface area contributed by atoms with Crippen molar-refractivity contribution in [1.82, 2.24) is 20.7 Å². The average molecular weight is 418 g/mol. The Balaban J connectivity index is 1.86. The van der Waals surface area contributed by atoms with E-state index in [-0.39, 0.29) is 10.9 Å². The van der Waals surface area contributed by atoms with Crippen LogP contribution in [0.1, 0.15) is 42.8 Å². The summed E-state index contributed by atoms with van der Waals surface area (Å²) in [6.07, 6.45) is 2.85. The minimum atomic E-state index is -0.444. The van der Waals surface area contributed by atoms with Crippen molar-refractivity contribution >= 4 is 29.2 Å². The first-order valence-electron chi connectivity index (χ1n) is 9.17.